The van der Waals surface area contributed by atoms with Crippen molar-refractivity contribution in [3.05, 3.63) is 21.9 Å². The second-order valence-corrected chi connectivity index (χ2v) is 3.13. The Hall–Kier alpha value is -0.670. The van der Waals surface area contributed by atoms with Crippen molar-refractivity contribution in [1.29, 1.82) is 0 Å². The van der Waals surface area contributed by atoms with Gasteiger partial charge in [-0.3, -0.25) is 4.79 Å². The Labute approximate surface area is 63.7 Å². The Morgan fingerprint density at radius 1 is 1.80 bits per heavy atom. The van der Waals surface area contributed by atoms with Gasteiger partial charge in [-0.2, -0.15) is 0 Å². The summed E-state index contributed by atoms with van der Waals surface area (Å²) in [5.41, 5.74) is 6.30. The molecule has 1 aromatic heterocycles. The van der Waals surface area contributed by atoms with Crippen LogP contribution < -0.4 is 5.73 Å². The molecule has 0 aromatic carbocycles. The maximum absolute atomic E-state index is 10.2. The van der Waals surface area contributed by atoms with E-state index in [4.69, 9.17) is 5.73 Å². The van der Waals surface area contributed by atoms with Crippen molar-refractivity contribution in [2.24, 2.45) is 5.73 Å². The molecule has 1 atom stereocenters. The fraction of sp³-hybridized carbons (Fsp3) is 0.286. The molecule has 1 aromatic rings. The Bertz CT molecular complexity index is 229. The fourth-order valence-corrected chi connectivity index (χ4v) is 1.48. The molecule has 0 radical (unpaired) electrons. The van der Waals surface area contributed by atoms with Gasteiger partial charge in [0.25, 0.3) is 0 Å². The van der Waals surface area contributed by atoms with Crippen molar-refractivity contribution in [3.8, 4) is 0 Å². The summed E-state index contributed by atoms with van der Waals surface area (Å²) in [6, 6.07) is 1.86. The van der Waals surface area contributed by atoms with E-state index in [-0.39, 0.29) is 6.04 Å². The van der Waals surface area contributed by atoms with Gasteiger partial charge >= 0.3 is 0 Å². The van der Waals surface area contributed by atoms with Gasteiger partial charge in [0.15, 0.2) is 6.29 Å². The summed E-state index contributed by atoms with van der Waals surface area (Å²) in [4.78, 5) is 11.3. The molecule has 2 nitrogen and oxygen atoms in total. The van der Waals surface area contributed by atoms with E-state index in [1.54, 1.807) is 0 Å². The Kier molecular flexibility index (Phi) is 2.19. The number of thiophene rings is 1. The zero-order valence-corrected chi connectivity index (χ0v) is 6.52. The van der Waals surface area contributed by atoms with Crippen LogP contribution in [-0.4, -0.2) is 6.29 Å². The lowest BCUT2D eigenvalue weighted by Crippen LogP contribution is -2.01. The maximum Gasteiger partial charge on any atom is 0.150 e. The van der Waals surface area contributed by atoms with Crippen molar-refractivity contribution >= 4 is 17.6 Å². The van der Waals surface area contributed by atoms with Crippen molar-refractivity contribution in [2.75, 3.05) is 0 Å². The van der Waals surface area contributed by atoms with Crippen LogP contribution in [0.2, 0.25) is 0 Å². The zero-order valence-electron chi connectivity index (χ0n) is 5.70. The van der Waals surface area contributed by atoms with Gasteiger partial charge in [-0.25, -0.2) is 0 Å². The molecular formula is C7H9NOS. The normalized spacial score (nSPS) is 13.0. The number of carbonyl (C=O) groups excluding carboxylic acids is 1. The Balaban J connectivity index is 2.88. The zero-order chi connectivity index (χ0) is 7.56. The highest BCUT2D eigenvalue weighted by atomic mass is 32.1. The van der Waals surface area contributed by atoms with Gasteiger partial charge in [-0.15, -0.1) is 11.3 Å². The molecule has 0 unspecified atom stereocenters. The minimum Gasteiger partial charge on any atom is -0.324 e. The average molecular weight is 155 g/mol. The van der Waals surface area contributed by atoms with E-state index in [1.165, 1.54) is 11.3 Å². The molecule has 10 heavy (non-hydrogen) atoms. The van der Waals surface area contributed by atoms with Gasteiger partial charge in [0.1, 0.15) is 0 Å². The summed E-state index contributed by atoms with van der Waals surface area (Å²) in [6.45, 7) is 1.90. The van der Waals surface area contributed by atoms with E-state index in [9.17, 15) is 4.79 Å². The number of aldehydes is 1. The third kappa shape index (κ3) is 1.43. The first-order valence-corrected chi connectivity index (χ1v) is 3.91. The Morgan fingerprint density at radius 2 is 2.50 bits per heavy atom. The van der Waals surface area contributed by atoms with E-state index in [0.29, 0.717) is 0 Å². The molecule has 0 amide bonds. The van der Waals surface area contributed by atoms with Crippen LogP contribution >= 0.6 is 11.3 Å². The van der Waals surface area contributed by atoms with Gasteiger partial charge in [0, 0.05) is 21.9 Å². The monoisotopic (exact) mass is 155 g/mol. The van der Waals surface area contributed by atoms with Gasteiger partial charge in [-0.1, -0.05) is 0 Å². The third-order valence-electron chi connectivity index (χ3n) is 1.22. The molecule has 0 spiro atoms. The molecular weight excluding hydrogens is 146 g/mol. The third-order valence-corrected chi connectivity index (χ3v) is 2.38. The first-order valence-electron chi connectivity index (χ1n) is 3.03. The molecule has 0 bridgehead atoms. The van der Waals surface area contributed by atoms with E-state index in [2.05, 4.69) is 0 Å². The summed E-state index contributed by atoms with van der Waals surface area (Å²) < 4.78 is 0. The lowest BCUT2D eigenvalue weighted by molar-refractivity contribution is 0.112. The molecule has 54 valence electrons. The lowest BCUT2D eigenvalue weighted by atomic mass is 10.2. The number of nitrogens with two attached hydrogens (primary N) is 1. The molecule has 0 aliphatic heterocycles. The first-order chi connectivity index (χ1) is 4.74. The lowest BCUT2D eigenvalue weighted by Gasteiger charge is -1.96. The van der Waals surface area contributed by atoms with Crippen LogP contribution in [0, 0.1) is 0 Å². The summed E-state index contributed by atoms with van der Waals surface area (Å²) in [7, 11) is 0. The van der Waals surface area contributed by atoms with Gasteiger partial charge in [0.2, 0.25) is 0 Å². The van der Waals surface area contributed by atoms with E-state index < -0.39 is 0 Å². The maximum atomic E-state index is 10.2. The van der Waals surface area contributed by atoms with Crippen LogP contribution in [0.4, 0.5) is 0 Å². The molecule has 2 N–H and O–H groups in total. The van der Waals surface area contributed by atoms with Crippen LogP contribution in [0.1, 0.15) is 28.2 Å². The molecule has 1 heterocycles. The molecule has 0 aliphatic rings. The Morgan fingerprint density at radius 3 is 2.80 bits per heavy atom. The largest absolute Gasteiger partial charge is 0.324 e. The predicted octanol–water partition coefficient (Wildman–Crippen LogP) is 1.58. The highest BCUT2D eigenvalue weighted by molar-refractivity contribution is 7.10. The smallest absolute Gasteiger partial charge is 0.150 e. The minimum absolute atomic E-state index is 0.0405. The second kappa shape index (κ2) is 2.94. The molecule has 0 fully saturated rings. The second-order valence-electron chi connectivity index (χ2n) is 2.19. The van der Waals surface area contributed by atoms with Crippen molar-refractivity contribution in [1.82, 2.24) is 0 Å². The van der Waals surface area contributed by atoms with E-state index in [1.807, 2.05) is 18.4 Å². The van der Waals surface area contributed by atoms with E-state index >= 15 is 0 Å². The predicted molar refractivity (Wildman–Crippen MR) is 42.3 cm³/mol. The highest BCUT2D eigenvalue weighted by Gasteiger charge is 2.01. The van der Waals surface area contributed by atoms with Crippen molar-refractivity contribution in [2.45, 2.75) is 13.0 Å². The first kappa shape index (κ1) is 7.44. The summed E-state index contributed by atoms with van der Waals surface area (Å²) in [5, 5.41) is 1.81. The quantitative estimate of drug-likeness (QED) is 0.659. The number of hydrogen-bond donors (Lipinski definition) is 1. The molecule has 0 saturated carbocycles. The SMILES string of the molecule is C[C@H](N)c1cc(C=O)cs1. The molecule has 3 heteroatoms. The standard InChI is InChI=1S/C7H9NOS/c1-5(8)7-2-6(3-9)4-10-7/h2-5H,8H2,1H3/t5-/m0/s1. The van der Waals surface area contributed by atoms with Crippen LogP contribution in [0.5, 0.6) is 0 Å². The van der Waals surface area contributed by atoms with Gasteiger partial charge in [0.05, 0.1) is 0 Å². The van der Waals surface area contributed by atoms with Crippen LogP contribution in [0.25, 0.3) is 0 Å². The molecule has 1 rings (SSSR count). The highest BCUT2D eigenvalue weighted by Crippen LogP contribution is 2.18. The van der Waals surface area contributed by atoms with Crippen molar-refractivity contribution < 1.29 is 4.79 Å². The van der Waals surface area contributed by atoms with E-state index in [0.717, 1.165) is 16.7 Å². The molecule has 0 saturated heterocycles. The number of rotatable bonds is 2. The van der Waals surface area contributed by atoms with Crippen LogP contribution in [0.15, 0.2) is 11.4 Å². The average Bonchev–Trinajstić information content (AvgIpc) is 2.34. The van der Waals surface area contributed by atoms with Crippen molar-refractivity contribution in [3.63, 3.8) is 0 Å². The minimum atomic E-state index is 0.0405. The number of carbonyl (C=O) groups is 1. The topological polar surface area (TPSA) is 43.1 Å². The summed E-state index contributed by atoms with van der Waals surface area (Å²) in [6.07, 6.45) is 0.836. The fourth-order valence-electron chi connectivity index (χ4n) is 0.669. The summed E-state index contributed by atoms with van der Waals surface area (Å²) in [5.74, 6) is 0. The van der Waals surface area contributed by atoms with Gasteiger partial charge in [-0.05, 0) is 13.0 Å². The molecule has 0 aliphatic carbocycles. The van der Waals surface area contributed by atoms with Crippen LogP contribution in [-0.2, 0) is 0 Å². The van der Waals surface area contributed by atoms with Crippen LogP contribution in [0.3, 0.4) is 0 Å². The summed E-state index contributed by atoms with van der Waals surface area (Å²) >= 11 is 1.53. The van der Waals surface area contributed by atoms with Gasteiger partial charge < -0.3 is 5.73 Å². The number of hydrogen-bond acceptors (Lipinski definition) is 3.